The number of oxazole rings is 1. The van der Waals surface area contributed by atoms with Crippen molar-refractivity contribution < 1.29 is 50.2 Å². The highest BCUT2D eigenvalue weighted by Gasteiger charge is 2.38. The first-order chi connectivity index (χ1) is 17.7. The highest BCUT2D eigenvalue weighted by Crippen LogP contribution is 2.28. The van der Waals surface area contributed by atoms with Gasteiger partial charge in [-0.3, -0.25) is 9.48 Å². The Morgan fingerprint density at radius 2 is 1.95 bits per heavy atom. The predicted molar refractivity (Wildman–Crippen MR) is 117 cm³/mol. The van der Waals surface area contributed by atoms with Crippen molar-refractivity contribution in [3.8, 4) is 17.1 Å². The number of aliphatic carboxylic acids is 1. The van der Waals surface area contributed by atoms with Crippen LogP contribution in [-0.4, -0.2) is 62.9 Å². The van der Waals surface area contributed by atoms with E-state index in [0.29, 0.717) is 18.7 Å². The molecular formula is C22H21F6N5O5. The third-order valence-corrected chi connectivity index (χ3v) is 5.03. The Morgan fingerprint density at radius 3 is 2.55 bits per heavy atom. The van der Waals surface area contributed by atoms with Crippen molar-refractivity contribution in [1.82, 2.24) is 25.4 Å². The molecule has 10 nitrogen and oxygen atoms in total. The third-order valence-electron chi connectivity index (χ3n) is 5.03. The van der Waals surface area contributed by atoms with Gasteiger partial charge in [-0.15, -0.1) is 13.2 Å². The zero-order valence-corrected chi connectivity index (χ0v) is 19.5. The van der Waals surface area contributed by atoms with Crippen LogP contribution in [0.5, 0.6) is 5.75 Å². The van der Waals surface area contributed by atoms with Crippen molar-refractivity contribution in [2.45, 2.75) is 44.5 Å². The number of benzene rings is 1. The molecule has 2 atom stereocenters. The molecule has 2 aromatic heterocycles. The number of aryl methyl sites for hydroxylation is 1. The molecular weight excluding hydrogens is 528 g/mol. The van der Waals surface area contributed by atoms with E-state index in [0.717, 1.165) is 18.2 Å². The number of carbonyl (C=O) groups is 2. The number of alkyl halides is 6. The number of nitrogens with one attached hydrogen (secondary N) is 2. The largest absolute Gasteiger partial charge is 0.573 e. The standard InChI is InChI=1S/C20H20F3N5O3.C2HF3O2/c1-12-5-6-28(27-12)11-15-8-14(9-24-15)26-18(29)19-25-10-17(30-19)13-3-2-4-16(7-13)31-20(21,22)23;3-2(4,5)1(6)7/h2-7,10,14-15,24H,8-9,11H2,1H3,(H,26,29);(H,6,7)/t14-,15+;/m1./s1. The molecule has 4 rings (SSSR count). The first-order valence-corrected chi connectivity index (χ1v) is 10.9. The summed E-state index contributed by atoms with van der Waals surface area (Å²) in [4.78, 5) is 25.3. The Labute approximate surface area is 210 Å². The number of amides is 1. The number of aromatic nitrogens is 3. The lowest BCUT2D eigenvalue weighted by atomic mass is 10.1. The Kier molecular flexibility index (Phi) is 8.65. The Bertz CT molecular complexity index is 1260. The summed E-state index contributed by atoms with van der Waals surface area (Å²) < 4.78 is 80.2. The Hall–Kier alpha value is -4.08. The van der Waals surface area contributed by atoms with Gasteiger partial charge in [0.15, 0.2) is 5.76 Å². The summed E-state index contributed by atoms with van der Waals surface area (Å²) >= 11 is 0. The topological polar surface area (TPSA) is 132 Å². The molecule has 1 saturated heterocycles. The highest BCUT2D eigenvalue weighted by atomic mass is 19.4. The van der Waals surface area contributed by atoms with Gasteiger partial charge < -0.3 is 24.9 Å². The molecule has 1 aromatic carbocycles. The average Bonchev–Trinajstić information content (AvgIpc) is 3.54. The second-order valence-corrected chi connectivity index (χ2v) is 8.10. The van der Waals surface area contributed by atoms with Crippen molar-refractivity contribution in [3.63, 3.8) is 0 Å². The number of carboxylic acids is 1. The molecule has 38 heavy (non-hydrogen) atoms. The summed E-state index contributed by atoms with van der Waals surface area (Å²) in [5, 5.41) is 17.7. The summed E-state index contributed by atoms with van der Waals surface area (Å²) in [6.07, 6.45) is -5.97. The minimum atomic E-state index is -5.08. The van der Waals surface area contributed by atoms with Crippen LogP contribution in [-0.2, 0) is 11.3 Å². The van der Waals surface area contributed by atoms with E-state index >= 15 is 0 Å². The summed E-state index contributed by atoms with van der Waals surface area (Å²) in [5.41, 5.74) is 1.25. The Morgan fingerprint density at radius 1 is 1.24 bits per heavy atom. The van der Waals surface area contributed by atoms with Gasteiger partial charge in [-0.1, -0.05) is 12.1 Å². The first kappa shape index (κ1) is 28.5. The fourth-order valence-corrected chi connectivity index (χ4v) is 3.46. The number of carbonyl (C=O) groups excluding carboxylic acids is 1. The molecule has 1 amide bonds. The molecule has 0 bridgehead atoms. The molecule has 1 fully saturated rings. The van der Waals surface area contributed by atoms with E-state index in [9.17, 15) is 31.1 Å². The van der Waals surface area contributed by atoms with Gasteiger partial charge in [0, 0.05) is 30.4 Å². The fourth-order valence-electron chi connectivity index (χ4n) is 3.46. The number of nitrogens with zero attached hydrogens (tertiary/aromatic N) is 3. The van der Waals surface area contributed by atoms with Crippen LogP contribution in [0.25, 0.3) is 11.3 Å². The first-order valence-electron chi connectivity index (χ1n) is 10.9. The lowest BCUT2D eigenvalue weighted by Gasteiger charge is -2.11. The van der Waals surface area contributed by atoms with Crippen LogP contribution in [0.1, 0.15) is 22.8 Å². The van der Waals surface area contributed by atoms with E-state index < -0.39 is 24.4 Å². The average molecular weight is 549 g/mol. The number of hydrogen-bond donors (Lipinski definition) is 3. The van der Waals surface area contributed by atoms with E-state index in [1.807, 2.05) is 23.9 Å². The van der Waals surface area contributed by atoms with E-state index in [4.69, 9.17) is 14.3 Å². The van der Waals surface area contributed by atoms with E-state index in [-0.39, 0.29) is 29.5 Å². The minimum absolute atomic E-state index is 0.104. The molecule has 0 aliphatic carbocycles. The van der Waals surface area contributed by atoms with Gasteiger partial charge in [-0.2, -0.15) is 18.3 Å². The van der Waals surface area contributed by atoms with Crippen molar-refractivity contribution >= 4 is 11.9 Å². The van der Waals surface area contributed by atoms with Crippen LogP contribution in [0.3, 0.4) is 0 Å². The second kappa shape index (κ2) is 11.5. The fraction of sp³-hybridized carbons (Fsp3) is 0.364. The van der Waals surface area contributed by atoms with Gasteiger partial charge in [0.2, 0.25) is 0 Å². The number of halogens is 6. The van der Waals surface area contributed by atoms with E-state index in [2.05, 4.69) is 25.5 Å². The van der Waals surface area contributed by atoms with Gasteiger partial charge in [0.05, 0.1) is 18.4 Å². The van der Waals surface area contributed by atoms with E-state index in [1.165, 1.54) is 24.4 Å². The molecule has 3 N–H and O–H groups in total. The molecule has 0 unspecified atom stereocenters. The lowest BCUT2D eigenvalue weighted by molar-refractivity contribution is -0.274. The number of rotatable bonds is 6. The normalized spacial score (nSPS) is 17.4. The van der Waals surface area contributed by atoms with E-state index in [1.54, 1.807) is 0 Å². The molecule has 0 saturated carbocycles. The van der Waals surface area contributed by atoms with Crippen LogP contribution in [0, 0.1) is 6.92 Å². The van der Waals surface area contributed by atoms with Crippen molar-refractivity contribution in [1.29, 1.82) is 0 Å². The van der Waals surface area contributed by atoms with Gasteiger partial charge in [-0.05, 0) is 31.5 Å². The summed E-state index contributed by atoms with van der Waals surface area (Å²) in [6.45, 7) is 3.21. The van der Waals surface area contributed by atoms with Crippen LogP contribution in [0.15, 0.2) is 47.1 Å². The smallest absolute Gasteiger partial charge is 0.475 e. The SMILES string of the molecule is Cc1ccn(C[C@@H]2C[C@@H](NC(=O)c3ncc(-c4cccc(OC(F)(F)F)c4)o3)CN2)n1.O=C(O)C(F)(F)F. The molecule has 1 aliphatic heterocycles. The van der Waals surface area contributed by atoms with Crippen LogP contribution >= 0.6 is 0 Å². The van der Waals surface area contributed by atoms with Crippen LogP contribution < -0.4 is 15.4 Å². The molecule has 3 aromatic rings. The van der Waals surface area contributed by atoms with Gasteiger partial charge in [-0.25, -0.2) is 9.78 Å². The monoisotopic (exact) mass is 549 g/mol. The molecule has 0 radical (unpaired) electrons. The molecule has 206 valence electrons. The zero-order chi connectivity index (χ0) is 28.1. The summed E-state index contributed by atoms with van der Waals surface area (Å²) in [7, 11) is 0. The molecule has 0 spiro atoms. The van der Waals surface area contributed by atoms with Gasteiger partial charge in [0.1, 0.15) is 5.75 Å². The minimum Gasteiger partial charge on any atom is -0.475 e. The number of ether oxygens (including phenoxy) is 1. The van der Waals surface area contributed by atoms with Crippen molar-refractivity contribution in [2.24, 2.45) is 0 Å². The van der Waals surface area contributed by atoms with Gasteiger partial charge >= 0.3 is 24.4 Å². The summed E-state index contributed by atoms with van der Waals surface area (Å²) in [5.74, 6) is -3.63. The van der Waals surface area contributed by atoms with Crippen LogP contribution in [0.4, 0.5) is 26.3 Å². The predicted octanol–water partition coefficient (Wildman–Crippen LogP) is 3.54. The Balaban J connectivity index is 0.000000505. The van der Waals surface area contributed by atoms with Crippen molar-refractivity contribution in [3.05, 3.63) is 54.3 Å². The molecule has 16 heteroatoms. The maximum atomic E-state index is 12.5. The zero-order valence-electron chi connectivity index (χ0n) is 19.5. The lowest BCUT2D eigenvalue weighted by Crippen LogP contribution is -2.36. The van der Waals surface area contributed by atoms with Gasteiger partial charge in [0.25, 0.3) is 5.89 Å². The van der Waals surface area contributed by atoms with Crippen LogP contribution in [0.2, 0.25) is 0 Å². The van der Waals surface area contributed by atoms with Crippen molar-refractivity contribution in [2.75, 3.05) is 6.54 Å². The molecule has 3 heterocycles. The summed E-state index contributed by atoms with van der Waals surface area (Å²) in [6, 6.07) is 7.26. The molecule has 1 aliphatic rings. The highest BCUT2D eigenvalue weighted by molar-refractivity contribution is 5.90. The number of hydrogen-bond acceptors (Lipinski definition) is 7. The maximum absolute atomic E-state index is 12.5. The number of carboxylic acid groups (broad SMARTS) is 1. The second-order valence-electron chi connectivity index (χ2n) is 8.10. The quantitative estimate of drug-likeness (QED) is 0.398. The maximum Gasteiger partial charge on any atom is 0.573 e. The third kappa shape index (κ3) is 8.50.